The summed E-state index contributed by atoms with van der Waals surface area (Å²) in [6, 6.07) is 11.6. The zero-order valence-electron chi connectivity index (χ0n) is 11.8. The van der Waals surface area contributed by atoms with Crippen molar-refractivity contribution in [3.8, 4) is 5.75 Å². The number of esters is 1. The van der Waals surface area contributed by atoms with Gasteiger partial charge in [-0.2, -0.15) is 18.6 Å². The van der Waals surface area contributed by atoms with E-state index in [1.54, 1.807) is 18.2 Å². The summed E-state index contributed by atoms with van der Waals surface area (Å²) in [5, 5.41) is 7.89. The van der Waals surface area contributed by atoms with Crippen molar-refractivity contribution >= 4 is 27.5 Å². The minimum absolute atomic E-state index is 0.227. The van der Waals surface area contributed by atoms with Gasteiger partial charge in [-0.1, -0.05) is 12.6 Å². The molecule has 0 saturated carbocycles. The second-order valence-electron chi connectivity index (χ2n) is 4.29. The number of carbonyl (C=O) groups excluding carboxylic acids is 1. The Morgan fingerprint density at radius 3 is 2.35 bits per heavy atom. The first-order valence-corrected chi connectivity index (χ1v) is 7.76. The average molecular weight is 332 g/mol. The van der Waals surface area contributed by atoms with Crippen molar-refractivity contribution in [2.45, 2.75) is 4.90 Å². The normalized spacial score (nSPS) is 11.3. The van der Waals surface area contributed by atoms with Gasteiger partial charge in [0.25, 0.3) is 10.1 Å². The summed E-state index contributed by atoms with van der Waals surface area (Å²) in [6.07, 6.45) is 1.05. The molecule has 0 aliphatic rings. The second-order valence-corrected chi connectivity index (χ2v) is 5.71. The third-order valence-corrected chi connectivity index (χ3v) is 3.49. The average Bonchev–Trinajstić information content (AvgIpc) is 2.53. The summed E-state index contributed by atoms with van der Waals surface area (Å²) in [5.74, 6) is -0.284. The lowest BCUT2D eigenvalue weighted by atomic mass is 10.3. The minimum Gasteiger partial charge on any atom is -0.423 e. The van der Waals surface area contributed by atoms with Gasteiger partial charge in [0.15, 0.2) is 0 Å². The maximum atomic E-state index is 11.1. The summed E-state index contributed by atoms with van der Waals surface area (Å²) in [7, 11) is -4.24. The highest BCUT2D eigenvalue weighted by atomic mass is 32.2. The summed E-state index contributed by atoms with van der Waals surface area (Å²) in [5.41, 5.74) is 0.837. The van der Waals surface area contributed by atoms with Gasteiger partial charge in [0.1, 0.15) is 5.75 Å². The minimum atomic E-state index is -4.24. The fraction of sp³-hybridized carbons (Fsp3) is 0. The highest BCUT2D eigenvalue weighted by Gasteiger charge is 2.08. The Morgan fingerprint density at radius 1 is 1.09 bits per heavy atom. The van der Waals surface area contributed by atoms with E-state index in [0.29, 0.717) is 17.1 Å². The lowest BCUT2D eigenvalue weighted by Crippen LogP contribution is -2.02. The third kappa shape index (κ3) is 4.83. The van der Waals surface area contributed by atoms with Gasteiger partial charge in [0.05, 0.1) is 16.3 Å². The number of ether oxygens (including phenoxy) is 1. The molecule has 23 heavy (non-hydrogen) atoms. The van der Waals surface area contributed by atoms with Gasteiger partial charge >= 0.3 is 5.97 Å². The zero-order chi connectivity index (χ0) is 16.9. The molecule has 2 rings (SSSR count). The molecule has 0 bridgehead atoms. The van der Waals surface area contributed by atoms with Crippen molar-refractivity contribution < 1.29 is 22.5 Å². The van der Waals surface area contributed by atoms with Gasteiger partial charge in [-0.15, -0.1) is 0 Å². The molecule has 1 N–H and O–H groups in total. The van der Waals surface area contributed by atoms with Crippen molar-refractivity contribution in [1.82, 2.24) is 0 Å². The summed E-state index contributed by atoms with van der Waals surface area (Å²) >= 11 is 0. The first-order valence-electron chi connectivity index (χ1n) is 6.32. The van der Waals surface area contributed by atoms with Crippen LogP contribution >= 0.6 is 0 Å². The van der Waals surface area contributed by atoms with Crippen LogP contribution in [0.3, 0.4) is 0 Å². The highest BCUT2D eigenvalue weighted by Crippen LogP contribution is 2.23. The maximum absolute atomic E-state index is 11.1. The first-order chi connectivity index (χ1) is 10.9. The van der Waals surface area contributed by atoms with E-state index in [-0.39, 0.29) is 4.90 Å². The summed E-state index contributed by atoms with van der Waals surface area (Å²) in [4.78, 5) is 10.9. The van der Waals surface area contributed by atoms with Crippen LogP contribution < -0.4 is 4.74 Å². The Kier molecular flexibility index (Phi) is 4.99. The molecule has 7 nitrogen and oxygen atoms in total. The third-order valence-electron chi connectivity index (χ3n) is 2.62. The molecular formula is C15H12N2O5S. The molecule has 0 amide bonds. The lowest BCUT2D eigenvalue weighted by molar-refractivity contribution is -0.128. The molecule has 0 unspecified atom stereocenters. The van der Waals surface area contributed by atoms with E-state index >= 15 is 0 Å². The van der Waals surface area contributed by atoms with E-state index in [9.17, 15) is 13.2 Å². The molecule has 0 spiro atoms. The van der Waals surface area contributed by atoms with Crippen LogP contribution in [0.15, 0.2) is 76.3 Å². The van der Waals surface area contributed by atoms with Gasteiger partial charge in [-0.05, 0) is 36.4 Å². The lowest BCUT2D eigenvalue weighted by Gasteiger charge is -2.01. The quantitative estimate of drug-likeness (QED) is 0.297. The Morgan fingerprint density at radius 2 is 1.74 bits per heavy atom. The van der Waals surface area contributed by atoms with Crippen molar-refractivity contribution in [2.75, 3.05) is 0 Å². The van der Waals surface area contributed by atoms with E-state index in [2.05, 4.69) is 16.8 Å². The summed E-state index contributed by atoms with van der Waals surface area (Å²) < 4.78 is 35.7. The van der Waals surface area contributed by atoms with Crippen LogP contribution in [0.1, 0.15) is 0 Å². The van der Waals surface area contributed by atoms with Gasteiger partial charge in [-0.3, -0.25) is 4.55 Å². The van der Waals surface area contributed by atoms with Crippen LogP contribution in [0.25, 0.3) is 0 Å². The summed E-state index contributed by atoms with van der Waals surface area (Å²) in [6.45, 7) is 3.30. The molecule has 0 saturated heterocycles. The first kappa shape index (κ1) is 16.5. The number of benzene rings is 2. The van der Waals surface area contributed by atoms with Crippen molar-refractivity contribution in [3.05, 3.63) is 61.2 Å². The van der Waals surface area contributed by atoms with E-state index < -0.39 is 16.1 Å². The molecular weight excluding hydrogens is 320 g/mol. The van der Waals surface area contributed by atoms with Crippen LogP contribution in [0.2, 0.25) is 0 Å². The molecule has 0 aromatic heterocycles. The van der Waals surface area contributed by atoms with Gasteiger partial charge in [0.2, 0.25) is 0 Å². The molecule has 0 aliphatic carbocycles. The Hall–Kier alpha value is -2.84. The molecule has 0 fully saturated rings. The molecule has 0 heterocycles. The predicted octanol–water partition coefficient (Wildman–Crippen LogP) is 3.44. The topological polar surface area (TPSA) is 105 Å². The Labute approximate surface area is 132 Å². The standard InChI is InChI=1S/C15H12N2O5S/c1-2-15(18)22-13-5-3-4-12(10-13)17-16-11-6-8-14(9-7-11)23(19,20)21/h2-10H,1H2,(H,19,20,21)/b17-16+. The largest absolute Gasteiger partial charge is 0.423 e. The molecule has 2 aromatic carbocycles. The maximum Gasteiger partial charge on any atom is 0.335 e. The second kappa shape index (κ2) is 6.95. The van der Waals surface area contributed by atoms with Gasteiger partial charge < -0.3 is 4.74 Å². The monoisotopic (exact) mass is 332 g/mol. The van der Waals surface area contributed by atoms with Crippen LogP contribution in [0.5, 0.6) is 5.75 Å². The van der Waals surface area contributed by atoms with Crippen LogP contribution in [-0.4, -0.2) is 18.9 Å². The van der Waals surface area contributed by atoms with E-state index in [1.165, 1.54) is 30.3 Å². The molecule has 0 radical (unpaired) electrons. The molecule has 118 valence electrons. The highest BCUT2D eigenvalue weighted by molar-refractivity contribution is 7.85. The van der Waals surface area contributed by atoms with Crippen LogP contribution in [0, 0.1) is 0 Å². The fourth-order valence-corrected chi connectivity index (χ4v) is 2.05. The van der Waals surface area contributed by atoms with Crippen LogP contribution in [0.4, 0.5) is 11.4 Å². The van der Waals surface area contributed by atoms with Gasteiger partial charge in [-0.25, -0.2) is 4.79 Å². The number of azo groups is 1. The number of hydrogen-bond donors (Lipinski definition) is 1. The number of carbonyl (C=O) groups is 1. The smallest absolute Gasteiger partial charge is 0.335 e. The predicted molar refractivity (Wildman–Crippen MR) is 82.7 cm³/mol. The fourth-order valence-electron chi connectivity index (χ4n) is 1.57. The number of nitrogens with zero attached hydrogens (tertiary/aromatic N) is 2. The molecule has 0 atom stereocenters. The Bertz CT molecular complexity index is 858. The molecule has 0 aliphatic heterocycles. The van der Waals surface area contributed by atoms with E-state index in [1.807, 2.05) is 0 Å². The van der Waals surface area contributed by atoms with Gasteiger partial charge in [0, 0.05) is 12.1 Å². The zero-order valence-corrected chi connectivity index (χ0v) is 12.6. The van der Waals surface area contributed by atoms with Crippen molar-refractivity contribution in [1.29, 1.82) is 0 Å². The number of rotatable bonds is 5. The van der Waals surface area contributed by atoms with E-state index in [4.69, 9.17) is 9.29 Å². The SMILES string of the molecule is C=CC(=O)Oc1cccc(/N=N/c2ccc(S(=O)(=O)O)cc2)c1. The van der Waals surface area contributed by atoms with Crippen LogP contribution in [-0.2, 0) is 14.9 Å². The number of hydrogen-bond acceptors (Lipinski definition) is 6. The van der Waals surface area contributed by atoms with E-state index in [0.717, 1.165) is 6.08 Å². The molecule has 2 aromatic rings. The molecule has 8 heteroatoms. The van der Waals surface area contributed by atoms with Crippen molar-refractivity contribution in [3.63, 3.8) is 0 Å². The van der Waals surface area contributed by atoms with Crippen molar-refractivity contribution in [2.24, 2.45) is 10.2 Å². The Balaban J connectivity index is 2.15.